The number of carbonyl (C=O) groups excluding carboxylic acids is 1. The first-order valence-corrected chi connectivity index (χ1v) is 12.3. The number of carboxylic acid groups (broad SMARTS) is 1. The Morgan fingerprint density at radius 1 is 1.09 bits per heavy atom. The van der Waals surface area contributed by atoms with E-state index in [1.165, 1.54) is 11.6 Å². The summed E-state index contributed by atoms with van der Waals surface area (Å²) in [6.07, 6.45) is 5.20. The third-order valence-electron chi connectivity index (χ3n) is 4.81. The van der Waals surface area contributed by atoms with E-state index in [2.05, 4.69) is 33.0 Å². The fraction of sp³-hybridized carbons (Fsp3) is 0.231. The number of benzene rings is 2. The third kappa shape index (κ3) is 8.26. The van der Waals surface area contributed by atoms with Crippen molar-refractivity contribution in [2.75, 3.05) is 13.7 Å². The minimum Gasteiger partial charge on any atom is -0.545 e. The molecule has 0 aliphatic heterocycles. The molecule has 0 spiro atoms. The monoisotopic (exact) mass is 526 g/mol. The summed E-state index contributed by atoms with van der Waals surface area (Å²) in [5, 5.41) is 10.9. The first-order valence-electron chi connectivity index (χ1n) is 10.6. The number of hydrogen-bond acceptors (Lipinski definition) is 6. The van der Waals surface area contributed by atoms with Crippen molar-refractivity contribution < 1.29 is 19.4 Å². The van der Waals surface area contributed by atoms with E-state index in [0.29, 0.717) is 23.8 Å². The molecule has 0 saturated heterocycles. The van der Waals surface area contributed by atoms with Crippen molar-refractivity contribution in [2.24, 2.45) is 0 Å². The number of unbranched alkanes of at least 4 members (excludes halogenated alkanes) is 1. The molecule has 0 fully saturated rings. The Labute approximate surface area is 207 Å². The molecule has 0 unspecified atom stereocenters. The molecule has 3 aromatic rings. The number of ether oxygens (including phenoxy) is 2. The van der Waals surface area contributed by atoms with Crippen molar-refractivity contribution in [3.05, 3.63) is 88.2 Å². The van der Waals surface area contributed by atoms with Crippen LogP contribution in [0.2, 0.25) is 0 Å². The van der Waals surface area contributed by atoms with Crippen LogP contribution in [0.3, 0.4) is 0 Å². The SMILES string of the molecule is COc1ccc(CCCCOc2ccc(CSc3ccccc3Br)nc2/C=C/C(=O)[O-])cc1. The van der Waals surface area contributed by atoms with Crippen molar-refractivity contribution >= 4 is 39.7 Å². The van der Waals surface area contributed by atoms with Crippen LogP contribution in [0.1, 0.15) is 29.8 Å². The van der Waals surface area contributed by atoms with Gasteiger partial charge in [0.1, 0.15) is 17.2 Å². The maximum atomic E-state index is 10.9. The molecule has 1 aromatic heterocycles. The van der Waals surface area contributed by atoms with Crippen LogP contribution < -0.4 is 14.6 Å². The van der Waals surface area contributed by atoms with Crippen molar-refractivity contribution in [1.29, 1.82) is 0 Å². The molecule has 0 atom stereocenters. The molecule has 7 heteroatoms. The van der Waals surface area contributed by atoms with Gasteiger partial charge in [-0.1, -0.05) is 24.3 Å². The predicted molar refractivity (Wildman–Crippen MR) is 133 cm³/mol. The number of halogens is 1. The molecule has 5 nitrogen and oxygen atoms in total. The zero-order valence-electron chi connectivity index (χ0n) is 18.3. The topological polar surface area (TPSA) is 71.5 Å². The maximum absolute atomic E-state index is 10.9. The van der Waals surface area contributed by atoms with E-state index in [4.69, 9.17) is 9.47 Å². The van der Waals surface area contributed by atoms with E-state index < -0.39 is 5.97 Å². The quantitative estimate of drug-likeness (QED) is 0.181. The molecule has 172 valence electrons. The Hall–Kier alpha value is -2.77. The predicted octanol–water partition coefficient (Wildman–Crippen LogP) is 5.31. The van der Waals surface area contributed by atoms with Crippen LogP contribution in [0.15, 0.2) is 76.1 Å². The van der Waals surface area contributed by atoms with Crippen LogP contribution in [-0.4, -0.2) is 24.7 Å². The van der Waals surface area contributed by atoms with Crippen molar-refractivity contribution in [2.45, 2.75) is 29.9 Å². The number of carboxylic acids is 1. The average molecular weight is 527 g/mol. The van der Waals surface area contributed by atoms with Gasteiger partial charge in [0, 0.05) is 15.1 Å². The largest absolute Gasteiger partial charge is 0.545 e. The highest BCUT2D eigenvalue weighted by atomic mass is 79.9. The first kappa shape index (κ1) is 24.9. The van der Waals surface area contributed by atoms with Crippen LogP contribution in [0.5, 0.6) is 11.5 Å². The lowest BCUT2D eigenvalue weighted by molar-refractivity contribution is -0.297. The summed E-state index contributed by atoms with van der Waals surface area (Å²) in [5.41, 5.74) is 2.57. The summed E-state index contributed by atoms with van der Waals surface area (Å²) in [6, 6.07) is 19.8. The molecule has 0 saturated carbocycles. The van der Waals surface area contributed by atoms with Gasteiger partial charge in [0.2, 0.25) is 0 Å². The molecule has 3 rings (SSSR count). The lowest BCUT2D eigenvalue weighted by atomic mass is 10.1. The molecule has 1 heterocycles. The van der Waals surface area contributed by atoms with Gasteiger partial charge in [0.15, 0.2) is 0 Å². The molecule has 0 amide bonds. The highest BCUT2D eigenvalue weighted by Crippen LogP contribution is 2.30. The smallest absolute Gasteiger partial charge is 0.144 e. The number of carbonyl (C=O) groups is 1. The maximum Gasteiger partial charge on any atom is 0.144 e. The van der Waals surface area contributed by atoms with Crippen LogP contribution in [-0.2, 0) is 17.0 Å². The summed E-state index contributed by atoms with van der Waals surface area (Å²) in [4.78, 5) is 16.6. The summed E-state index contributed by atoms with van der Waals surface area (Å²) < 4.78 is 12.1. The number of aliphatic carboxylic acids is 1. The van der Waals surface area contributed by atoms with Crippen molar-refractivity contribution in [3.8, 4) is 11.5 Å². The van der Waals surface area contributed by atoms with Gasteiger partial charge in [-0.3, -0.25) is 0 Å². The Morgan fingerprint density at radius 3 is 2.61 bits per heavy atom. The van der Waals surface area contributed by atoms with Gasteiger partial charge in [0.25, 0.3) is 0 Å². The zero-order valence-corrected chi connectivity index (χ0v) is 20.7. The van der Waals surface area contributed by atoms with Gasteiger partial charge in [-0.15, -0.1) is 11.8 Å². The summed E-state index contributed by atoms with van der Waals surface area (Å²) >= 11 is 5.20. The lowest BCUT2D eigenvalue weighted by Crippen LogP contribution is -2.18. The standard InChI is InChI=1S/C26H26BrNO4S/c1-31-21-12-9-19(10-13-21)6-4-5-17-32-24-15-11-20(28-23(24)14-16-26(29)30)18-33-25-8-3-2-7-22(25)27/h2-3,7-16H,4-6,17-18H2,1H3,(H,29,30)/p-1/b16-14+. The number of rotatable bonds is 12. The number of nitrogens with zero attached hydrogens (tertiary/aromatic N) is 1. The second kappa shape index (κ2) is 13.1. The Kier molecular flexibility index (Phi) is 9.84. The Balaban J connectivity index is 1.56. The zero-order chi connectivity index (χ0) is 23.5. The molecule has 0 radical (unpaired) electrons. The number of aryl methyl sites for hydroxylation is 1. The number of methoxy groups -OCH3 is 1. The third-order valence-corrected chi connectivity index (χ3v) is 6.87. The van der Waals surface area contributed by atoms with Crippen molar-refractivity contribution in [1.82, 2.24) is 4.98 Å². The summed E-state index contributed by atoms with van der Waals surface area (Å²) in [7, 11) is 1.66. The van der Waals surface area contributed by atoms with E-state index in [0.717, 1.165) is 46.2 Å². The fourth-order valence-electron chi connectivity index (χ4n) is 3.09. The highest BCUT2D eigenvalue weighted by Gasteiger charge is 2.07. The highest BCUT2D eigenvalue weighted by molar-refractivity contribution is 9.10. The number of thioether (sulfide) groups is 1. The van der Waals surface area contributed by atoms with Gasteiger partial charge < -0.3 is 19.4 Å². The van der Waals surface area contributed by atoms with Crippen LogP contribution >= 0.6 is 27.7 Å². The van der Waals surface area contributed by atoms with E-state index in [-0.39, 0.29) is 0 Å². The molecule has 0 aliphatic rings. The van der Waals surface area contributed by atoms with Crippen molar-refractivity contribution in [3.63, 3.8) is 0 Å². The van der Waals surface area contributed by atoms with E-state index in [9.17, 15) is 9.90 Å². The normalized spacial score (nSPS) is 11.0. The Bertz CT molecular complexity index is 1090. The molecule has 0 N–H and O–H groups in total. The molecular formula is C26H25BrNO4S-. The minimum absolute atomic E-state index is 0.486. The van der Waals surface area contributed by atoms with E-state index >= 15 is 0 Å². The van der Waals surface area contributed by atoms with Crippen LogP contribution in [0.25, 0.3) is 6.08 Å². The molecule has 33 heavy (non-hydrogen) atoms. The summed E-state index contributed by atoms with van der Waals surface area (Å²) in [5.74, 6) is 0.795. The van der Waals surface area contributed by atoms with E-state index in [1.54, 1.807) is 18.9 Å². The molecule has 2 aromatic carbocycles. The number of pyridine rings is 1. The number of hydrogen-bond donors (Lipinski definition) is 0. The van der Waals surface area contributed by atoms with Crippen LogP contribution in [0, 0.1) is 0 Å². The number of aromatic nitrogens is 1. The minimum atomic E-state index is -1.27. The van der Waals surface area contributed by atoms with Gasteiger partial charge in [-0.05, 0) is 89.3 Å². The van der Waals surface area contributed by atoms with Gasteiger partial charge in [-0.25, -0.2) is 4.98 Å². The van der Waals surface area contributed by atoms with Gasteiger partial charge in [-0.2, -0.15) is 0 Å². The lowest BCUT2D eigenvalue weighted by Gasteiger charge is -2.11. The fourth-order valence-corrected chi connectivity index (χ4v) is 4.57. The van der Waals surface area contributed by atoms with Gasteiger partial charge >= 0.3 is 0 Å². The second-order valence-corrected chi connectivity index (χ2v) is 9.08. The van der Waals surface area contributed by atoms with Crippen LogP contribution in [0.4, 0.5) is 0 Å². The first-order chi connectivity index (χ1) is 16.0. The Morgan fingerprint density at radius 2 is 1.88 bits per heavy atom. The van der Waals surface area contributed by atoms with E-state index in [1.807, 2.05) is 48.5 Å². The average Bonchev–Trinajstić information content (AvgIpc) is 2.83. The summed E-state index contributed by atoms with van der Waals surface area (Å²) in [6.45, 7) is 0.523. The molecule has 0 bridgehead atoms. The second-order valence-electron chi connectivity index (χ2n) is 7.21. The molecular weight excluding hydrogens is 502 g/mol. The molecule has 0 aliphatic carbocycles. The van der Waals surface area contributed by atoms with Gasteiger partial charge in [0.05, 0.1) is 25.4 Å².